The predicted molar refractivity (Wildman–Crippen MR) is 141 cm³/mol. The van der Waals surface area contributed by atoms with Gasteiger partial charge in [-0.05, 0) is 68.8 Å². The molecule has 0 saturated heterocycles. The predicted octanol–water partition coefficient (Wildman–Crippen LogP) is 6.92. The maximum absolute atomic E-state index is 9.89. The van der Waals surface area contributed by atoms with Gasteiger partial charge in [-0.2, -0.15) is 0 Å². The van der Waals surface area contributed by atoms with Gasteiger partial charge in [0.15, 0.2) is 0 Å². The van der Waals surface area contributed by atoms with Crippen molar-refractivity contribution in [1.29, 1.82) is 0 Å². The summed E-state index contributed by atoms with van der Waals surface area (Å²) in [5.74, 6) is 1.61. The number of ether oxygens (including phenoxy) is 1. The Labute approximate surface area is 201 Å². The van der Waals surface area contributed by atoms with Crippen molar-refractivity contribution in [3.63, 3.8) is 0 Å². The molecule has 1 aliphatic carbocycles. The van der Waals surface area contributed by atoms with Crippen molar-refractivity contribution in [1.82, 2.24) is 9.47 Å². The molecule has 0 bridgehead atoms. The van der Waals surface area contributed by atoms with Gasteiger partial charge in [-0.25, -0.2) is 0 Å². The maximum Gasteiger partial charge on any atom is 0.209 e. The minimum atomic E-state index is 0.607. The van der Waals surface area contributed by atoms with Gasteiger partial charge in [-0.15, -0.1) is 0 Å². The summed E-state index contributed by atoms with van der Waals surface area (Å²) in [5.41, 5.74) is 4.27. The fourth-order valence-electron chi connectivity index (χ4n) is 3.98. The Hall–Kier alpha value is -1.66. The molecule has 0 N–H and O–H groups in total. The highest BCUT2D eigenvalue weighted by molar-refractivity contribution is 7.93. The molecule has 32 heavy (non-hydrogen) atoms. The van der Waals surface area contributed by atoms with Crippen LogP contribution in [0.15, 0.2) is 18.2 Å². The zero-order valence-corrected chi connectivity index (χ0v) is 22.7. The van der Waals surface area contributed by atoms with E-state index in [4.69, 9.17) is 8.92 Å². The monoisotopic (exact) mass is 466 g/mol. The lowest BCUT2D eigenvalue weighted by Gasteiger charge is -2.21. The van der Waals surface area contributed by atoms with Crippen molar-refractivity contribution in [3.8, 4) is 5.75 Å². The first-order valence-corrected chi connectivity index (χ1v) is 13.3. The van der Waals surface area contributed by atoms with Crippen LogP contribution in [-0.2, 0) is 21.9 Å². The molecule has 1 unspecified atom stereocenters. The maximum atomic E-state index is 9.89. The molecule has 1 amide bonds. The van der Waals surface area contributed by atoms with Crippen LogP contribution in [0.25, 0.3) is 10.9 Å². The van der Waals surface area contributed by atoms with Crippen molar-refractivity contribution in [2.24, 2.45) is 0 Å². The zero-order chi connectivity index (χ0) is 24.5. The van der Waals surface area contributed by atoms with Crippen LogP contribution < -0.4 is 4.74 Å². The lowest BCUT2D eigenvalue weighted by atomic mass is 9.86. The summed E-state index contributed by atoms with van der Waals surface area (Å²) < 4.78 is 13.6. The molecule has 3 rings (SSSR count). The van der Waals surface area contributed by atoms with Crippen molar-refractivity contribution < 1.29 is 13.7 Å². The molecule has 5 nitrogen and oxygen atoms in total. The molecule has 0 saturated carbocycles. The number of benzene rings is 1. The van der Waals surface area contributed by atoms with E-state index in [0.717, 1.165) is 44.8 Å². The van der Waals surface area contributed by atoms with E-state index in [1.54, 1.807) is 12.0 Å². The topological polar surface area (TPSA) is 43.7 Å². The summed E-state index contributed by atoms with van der Waals surface area (Å²) in [5, 5.41) is 1.31. The average molecular weight is 467 g/mol. The van der Waals surface area contributed by atoms with E-state index in [1.807, 2.05) is 47.8 Å². The van der Waals surface area contributed by atoms with E-state index in [0.29, 0.717) is 5.92 Å². The van der Waals surface area contributed by atoms with Gasteiger partial charge >= 0.3 is 0 Å². The molecular formula is C26H46N2O3S. The lowest BCUT2D eigenvalue weighted by molar-refractivity contribution is -0.117. The number of amides is 1. The highest BCUT2D eigenvalue weighted by Crippen LogP contribution is 2.42. The Morgan fingerprint density at radius 2 is 1.84 bits per heavy atom. The number of methoxy groups -OCH3 is 1. The molecule has 1 aromatic heterocycles. The molecule has 0 radical (unpaired) electrons. The second-order valence-electron chi connectivity index (χ2n) is 6.97. The van der Waals surface area contributed by atoms with Gasteiger partial charge in [0.2, 0.25) is 6.41 Å². The normalized spacial score (nSPS) is 14.0. The Kier molecular flexibility index (Phi) is 16.9. The third-order valence-electron chi connectivity index (χ3n) is 5.44. The van der Waals surface area contributed by atoms with Crippen molar-refractivity contribution in [2.75, 3.05) is 33.1 Å². The Morgan fingerprint density at radius 1 is 1.19 bits per heavy atom. The summed E-state index contributed by atoms with van der Waals surface area (Å²) in [4.78, 5) is 11.6. The minimum absolute atomic E-state index is 0.607. The van der Waals surface area contributed by atoms with Crippen LogP contribution in [-0.4, -0.2) is 48.9 Å². The fourth-order valence-corrected chi connectivity index (χ4v) is 4.22. The molecule has 0 aliphatic heterocycles. The van der Waals surface area contributed by atoms with Gasteiger partial charge in [-0.1, -0.05) is 40.7 Å². The van der Waals surface area contributed by atoms with E-state index < -0.39 is 0 Å². The largest absolute Gasteiger partial charge is 0.496 e. The smallest absolute Gasteiger partial charge is 0.209 e. The number of aromatic nitrogens is 1. The Balaban J connectivity index is 0.000000743. The van der Waals surface area contributed by atoms with Crippen molar-refractivity contribution >= 4 is 29.4 Å². The van der Waals surface area contributed by atoms with Crippen LogP contribution in [0.5, 0.6) is 5.75 Å². The molecule has 184 valence electrons. The van der Waals surface area contributed by atoms with E-state index in [1.165, 1.54) is 47.0 Å². The summed E-state index contributed by atoms with van der Waals surface area (Å²) in [7, 11) is 1.77. The summed E-state index contributed by atoms with van der Waals surface area (Å²) in [6.07, 6.45) is 6.53. The molecule has 1 aliphatic rings. The van der Waals surface area contributed by atoms with Crippen LogP contribution in [0, 0.1) is 0 Å². The van der Waals surface area contributed by atoms with E-state index >= 15 is 0 Å². The number of hydrogen-bond acceptors (Lipinski definition) is 4. The zero-order valence-electron chi connectivity index (χ0n) is 21.9. The van der Waals surface area contributed by atoms with Crippen LogP contribution >= 0.6 is 12.0 Å². The van der Waals surface area contributed by atoms with Crippen LogP contribution in [0.4, 0.5) is 0 Å². The third kappa shape index (κ3) is 8.04. The molecule has 0 fully saturated rings. The van der Waals surface area contributed by atoms with Gasteiger partial charge in [0.25, 0.3) is 0 Å². The second kappa shape index (κ2) is 17.8. The first kappa shape index (κ1) is 30.3. The van der Waals surface area contributed by atoms with Gasteiger partial charge in [0.1, 0.15) is 5.75 Å². The molecule has 1 aromatic carbocycles. The number of fused-ring (bicyclic) bond motifs is 3. The first-order chi connectivity index (χ1) is 15.6. The summed E-state index contributed by atoms with van der Waals surface area (Å²) in [6, 6.07) is 6.37. The molecule has 2 aromatic rings. The molecule has 6 heteroatoms. The van der Waals surface area contributed by atoms with Crippen LogP contribution in [0.3, 0.4) is 0 Å². The van der Waals surface area contributed by atoms with E-state index in [-0.39, 0.29) is 0 Å². The highest BCUT2D eigenvalue weighted by Gasteiger charge is 2.26. The number of rotatable bonds is 8. The SMILES string of the molecule is CC.CC.CCN(C=O)CC.COc1cccc2c1c1c(n2CCOSC)CCCC1C. The van der Waals surface area contributed by atoms with Gasteiger partial charge in [-0.3, -0.25) is 4.79 Å². The molecule has 1 heterocycles. The number of nitrogens with zero attached hydrogens (tertiary/aromatic N) is 2. The molecule has 1 atom stereocenters. The van der Waals surface area contributed by atoms with Crippen LogP contribution in [0.1, 0.15) is 78.5 Å². The first-order valence-electron chi connectivity index (χ1n) is 12.2. The van der Waals surface area contributed by atoms with Crippen LogP contribution in [0.2, 0.25) is 0 Å². The lowest BCUT2D eigenvalue weighted by Crippen LogP contribution is -2.19. The molecule has 0 spiro atoms. The number of carbonyl (C=O) groups excluding carboxylic acids is 1. The minimum Gasteiger partial charge on any atom is -0.496 e. The Morgan fingerprint density at radius 3 is 2.34 bits per heavy atom. The van der Waals surface area contributed by atoms with Gasteiger partial charge < -0.3 is 18.4 Å². The molecular weight excluding hydrogens is 420 g/mol. The summed E-state index contributed by atoms with van der Waals surface area (Å²) >= 11 is 1.44. The van der Waals surface area contributed by atoms with Crippen molar-refractivity contribution in [2.45, 2.75) is 80.2 Å². The van der Waals surface area contributed by atoms with Crippen molar-refractivity contribution in [3.05, 3.63) is 29.5 Å². The number of carbonyl (C=O) groups is 1. The van der Waals surface area contributed by atoms with Gasteiger partial charge in [0, 0.05) is 37.0 Å². The number of hydrogen-bond donors (Lipinski definition) is 0. The van der Waals surface area contributed by atoms with E-state index in [9.17, 15) is 4.79 Å². The second-order valence-corrected chi connectivity index (χ2v) is 7.54. The summed E-state index contributed by atoms with van der Waals surface area (Å²) in [6.45, 7) is 17.5. The fraction of sp³-hybridized carbons (Fsp3) is 0.654. The van der Waals surface area contributed by atoms with E-state index in [2.05, 4.69) is 29.7 Å². The quantitative estimate of drug-likeness (QED) is 0.240. The van der Waals surface area contributed by atoms with Gasteiger partial charge in [0.05, 0.1) is 19.2 Å². The highest BCUT2D eigenvalue weighted by atomic mass is 32.2. The third-order valence-corrected chi connectivity index (χ3v) is 5.84. The Bertz CT molecular complexity index is 757. The average Bonchev–Trinajstić information content (AvgIpc) is 3.18. The standard InChI is InChI=1S/C17H23NO2S.C5H11NO.2C2H6/c1-12-6-4-7-13-16(12)17-14(8-5-9-15(17)19-2)18(13)10-11-20-21-3;1-3-6(4-2)5-7;2*1-2/h5,8-9,12H,4,6-7,10-11H2,1-3H3;5H,3-4H2,1-2H3;2*1-2H3.